The van der Waals surface area contributed by atoms with Crippen molar-refractivity contribution in [3.8, 4) is 6.07 Å². The molecule has 2 atom stereocenters. The Morgan fingerprint density at radius 3 is 3.00 bits per heavy atom. The Kier molecular flexibility index (Phi) is 4.94. The Morgan fingerprint density at radius 1 is 1.64 bits per heavy atom. The van der Waals surface area contributed by atoms with Gasteiger partial charge >= 0.3 is 5.97 Å². The van der Waals surface area contributed by atoms with Gasteiger partial charge < -0.3 is 15.8 Å². The number of carbonyl (C=O) groups is 1. The predicted molar refractivity (Wildman–Crippen MR) is 85.7 cm³/mol. The maximum Gasteiger partial charge on any atom is 0.302 e. The van der Waals surface area contributed by atoms with Crippen LogP contribution in [0.4, 0.5) is 5.69 Å². The summed E-state index contributed by atoms with van der Waals surface area (Å²) < 4.78 is 5.33. The van der Waals surface area contributed by atoms with E-state index in [0.717, 1.165) is 30.5 Å². The second-order valence-corrected chi connectivity index (χ2v) is 6.17. The van der Waals surface area contributed by atoms with Gasteiger partial charge in [-0.15, -0.1) is 0 Å². The molecule has 5 nitrogen and oxygen atoms in total. The molecular weight excluding hydrogens is 302 g/mol. The molecule has 0 spiro atoms. The summed E-state index contributed by atoms with van der Waals surface area (Å²) in [6, 6.07) is 5.55. The van der Waals surface area contributed by atoms with E-state index in [9.17, 15) is 4.79 Å². The van der Waals surface area contributed by atoms with Crippen LogP contribution in [0.2, 0.25) is 5.02 Å². The van der Waals surface area contributed by atoms with Crippen LogP contribution in [0.3, 0.4) is 0 Å². The Balaban J connectivity index is 2.11. The number of nitrogens with one attached hydrogen (secondary N) is 1. The van der Waals surface area contributed by atoms with Gasteiger partial charge in [0.1, 0.15) is 12.2 Å². The van der Waals surface area contributed by atoms with Gasteiger partial charge in [-0.2, -0.15) is 5.26 Å². The van der Waals surface area contributed by atoms with Crippen molar-refractivity contribution in [2.24, 2.45) is 5.73 Å². The molecule has 0 aliphatic heterocycles. The van der Waals surface area contributed by atoms with E-state index < -0.39 is 5.54 Å². The quantitative estimate of drug-likeness (QED) is 0.832. The average Bonchev–Trinajstić information content (AvgIpc) is 2.81. The van der Waals surface area contributed by atoms with Crippen LogP contribution in [0.25, 0.3) is 0 Å². The molecule has 2 rings (SSSR count). The SMILES string of the molecule is CC(=O)O[C@H]1CCC[C@@]1(N)CNc1ccc(C#N)c(Cl)c1C. The van der Waals surface area contributed by atoms with Crippen molar-refractivity contribution in [2.45, 2.75) is 44.8 Å². The third kappa shape index (κ3) is 3.34. The molecular formula is C16H20ClN3O2. The lowest BCUT2D eigenvalue weighted by Gasteiger charge is -2.31. The normalized spacial score (nSPS) is 23.9. The molecule has 0 radical (unpaired) electrons. The van der Waals surface area contributed by atoms with E-state index >= 15 is 0 Å². The van der Waals surface area contributed by atoms with Crippen molar-refractivity contribution in [1.82, 2.24) is 0 Å². The Labute approximate surface area is 135 Å². The smallest absolute Gasteiger partial charge is 0.302 e. The van der Waals surface area contributed by atoms with Crippen molar-refractivity contribution >= 4 is 23.3 Å². The third-order valence-corrected chi connectivity index (χ3v) is 4.66. The first-order valence-electron chi connectivity index (χ1n) is 7.26. The van der Waals surface area contributed by atoms with Gasteiger partial charge in [0.15, 0.2) is 0 Å². The van der Waals surface area contributed by atoms with Crippen LogP contribution >= 0.6 is 11.6 Å². The summed E-state index contributed by atoms with van der Waals surface area (Å²) in [6.07, 6.45) is 2.24. The topological polar surface area (TPSA) is 88.1 Å². The van der Waals surface area contributed by atoms with Gasteiger partial charge in [0.2, 0.25) is 0 Å². The van der Waals surface area contributed by atoms with Gasteiger partial charge in [-0.05, 0) is 43.9 Å². The molecule has 1 fully saturated rings. The van der Waals surface area contributed by atoms with Gasteiger partial charge in [0.05, 0.1) is 16.1 Å². The summed E-state index contributed by atoms with van der Waals surface area (Å²) in [7, 11) is 0. The minimum atomic E-state index is -0.585. The number of anilines is 1. The maximum atomic E-state index is 11.2. The van der Waals surface area contributed by atoms with Crippen molar-refractivity contribution in [1.29, 1.82) is 5.26 Å². The number of esters is 1. The summed E-state index contributed by atoms with van der Waals surface area (Å²) in [5.41, 5.74) is 7.93. The van der Waals surface area contributed by atoms with Crippen molar-refractivity contribution < 1.29 is 9.53 Å². The second-order valence-electron chi connectivity index (χ2n) is 5.79. The zero-order valence-electron chi connectivity index (χ0n) is 12.8. The number of benzene rings is 1. The summed E-state index contributed by atoms with van der Waals surface area (Å²) in [4.78, 5) is 11.2. The van der Waals surface area contributed by atoms with E-state index in [0.29, 0.717) is 17.1 Å². The number of rotatable bonds is 4. The number of hydrogen-bond donors (Lipinski definition) is 2. The highest BCUT2D eigenvalue weighted by Gasteiger charge is 2.41. The first-order chi connectivity index (χ1) is 10.4. The second kappa shape index (κ2) is 6.55. The summed E-state index contributed by atoms with van der Waals surface area (Å²) in [6.45, 7) is 3.73. The molecule has 118 valence electrons. The molecule has 0 bridgehead atoms. The maximum absolute atomic E-state index is 11.2. The van der Waals surface area contributed by atoms with Crippen LogP contribution < -0.4 is 11.1 Å². The number of carbonyl (C=O) groups excluding carboxylic acids is 1. The highest BCUT2D eigenvalue weighted by atomic mass is 35.5. The molecule has 6 heteroatoms. The lowest BCUT2D eigenvalue weighted by Crippen LogP contribution is -2.53. The molecule has 0 amide bonds. The Hall–Kier alpha value is -1.77. The van der Waals surface area contributed by atoms with E-state index in [1.54, 1.807) is 6.07 Å². The molecule has 0 unspecified atom stereocenters. The average molecular weight is 322 g/mol. The fourth-order valence-electron chi connectivity index (χ4n) is 2.87. The monoisotopic (exact) mass is 321 g/mol. The summed E-state index contributed by atoms with van der Waals surface area (Å²) in [5, 5.41) is 12.7. The minimum Gasteiger partial charge on any atom is -0.461 e. The van der Waals surface area contributed by atoms with Crippen molar-refractivity contribution in [3.05, 3.63) is 28.3 Å². The van der Waals surface area contributed by atoms with Gasteiger partial charge in [-0.1, -0.05) is 11.6 Å². The predicted octanol–water partition coefficient (Wildman–Crippen LogP) is 2.75. The zero-order valence-corrected chi connectivity index (χ0v) is 13.5. The fraction of sp³-hybridized carbons (Fsp3) is 0.500. The molecule has 3 N–H and O–H groups in total. The molecule has 1 aliphatic carbocycles. The first-order valence-corrected chi connectivity index (χ1v) is 7.64. The summed E-state index contributed by atoms with van der Waals surface area (Å²) >= 11 is 6.16. The number of nitrogens with zero attached hydrogens (tertiary/aromatic N) is 1. The van der Waals surface area contributed by atoms with E-state index in [4.69, 9.17) is 27.3 Å². The standard InChI is InChI=1S/C16H20ClN3O2/c1-10-13(6-5-12(8-18)15(10)17)20-9-16(19)7-3-4-14(16)22-11(2)21/h5-6,14,20H,3-4,7,9,19H2,1-2H3/t14-,16+/m0/s1. The highest BCUT2D eigenvalue weighted by Crippen LogP contribution is 2.32. The van der Waals surface area contributed by atoms with Crippen LogP contribution in [0.5, 0.6) is 0 Å². The Morgan fingerprint density at radius 2 is 2.36 bits per heavy atom. The van der Waals surface area contributed by atoms with Crippen LogP contribution in [0.1, 0.15) is 37.3 Å². The number of nitriles is 1. The number of hydrogen-bond acceptors (Lipinski definition) is 5. The lowest BCUT2D eigenvalue weighted by atomic mass is 9.96. The van der Waals surface area contributed by atoms with Crippen LogP contribution in [0, 0.1) is 18.3 Å². The number of halogens is 1. The van der Waals surface area contributed by atoms with Gasteiger partial charge in [0, 0.05) is 19.2 Å². The molecule has 1 aliphatic rings. The van der Waals surface area contributed by atoms with E-state index in [1.807, 2.05) is 13.0 Å². The first kappa shape index (κ1) is 16.6. The molecule has 1 aromatic rings. The van der Waals surface area contributed by atoms with E-state index in [-0.39, 0.29) is 12.1 Å². The molecule has 22 heavy (non-hydrogen) atoms. The summed E-state index contributed by atoms with van der Waals surface area (Å²) in [5.74, 6) is -0.306. The molecule has 0 aromatic heterocycles. The zero-order chi connectivity index (χ0) is 16.3. The van der Waals surface area contributed by atoms with E-state index in [1.165, 1.54) is 6.92 Å². The van der Waals surface area contributed by atoms with Gasteiger partial charge in [-0.3, -0.25) is 4.79 Å². The third-order valence-electron chi connectivity index (χ3n) is 4.17. The van der Waals surface area contributed by atoms with Crippen LogP contribution in [0.15, 0.2) is 12.1 Å². The highest BCUT2D eigenvalue weighted by molar-refractivity contribution is 6.32. The fourth-order valence-corrected chi connectivity index (χ4v) is 3.07. The van der Waals surface area contributed by atoms with Crippen molar-refractivity contribution in [2.75, 3.05) is 11.9 Å². The molecule has 1 aromatic carbocycles. The van der Waals surface area contributed by atoms with Gasteiger partial charge in [-0.25, -0.2) is 0 Å². The van der Waals surface area contributed by atoms with Crippen LogP contribution in [-0.4, -0.2) is 24.2 Å². The number of ether oxygens (including phenoxy) is 1. The minimum absolute atomic E-state index is 0.272. The Bertz CT molecular complexity index is 627. The van der Waals surface area contributed by atoms with Crippen molar-refractivity contribution in [3.63, 3.8) is 0 Å². The largest absolute Gasteiger partial charge is 0.461 e. The van der Waals surface area contributed by atoms with Gasteiger partial charge in [0.25, 0.3) is 0 Å². The number of nitrogens with two attached hydrogens (primary N) is 1. The molecule has 0 saturated heterocycles. The molecule has 0 heterocycles. The van der Waals surface area contributed by atoms with Crippen LogP contribution in [-0.2, 0) is 9.53 Å². The molecule has 1 saturated carbocycles. The lowest BCUT2D eigenvalue weighted by molar-refractivity contribution is -0.148. The van der Waals surface area contributed by atoms with E-state index in [2.05, 4.69) is 11.4 Å².